The fourth-order valence-corrected chi connectivity index (χ4v) is 2.66. The first-order valence-corrected chi connectivity index (χ1v) is 6.81. The monoisotopic (exact) mass is 252 g/mol. The summed E-state index contributed by atoms with van der Waals surface area (Å²) in [5, 5.41) is 2.04. The van der Waals surface area contributed by atoms with Gasteiger partial charge in [0.15, 0.2) is 10.8 Å². The summed E-state index contributed by atoms with van der Waals surface area (Å²) < 4.78 is 2.09. The number of nitrogens with two attached hydrogens (primary N) is 1. The maximum atomic E-state index is 5.85. The quantitative estimate of drug-likeness (QED) is 0.908. The third-order valence-corrected chi connectivity index (χ3v) is 4.20. The summed E-state index contributed by atoms with van der Waals surface area (Å²) in [7, 11) is 2.09. The average Bonchev–Trinajstić information content (AvgIpc) is 2.85. The number of anilines is 1. The van der Waals surface area contributed by atoms with E-state index in [9.17, 15) is 0 Å². The van der Waals surface area contributed by atoms with Crippen LogP contribution in [-0.2, 0) is 6.54 Å². The van der Waals surface area contributed by atoms with Crippen molar-refractivity contribution >= 4 is 22.1 Å². The molecule has 0 spiro atoms. The molecular weight excluding hydrogens is 232 g/mol. The predicted octanol–water partition coefficient (Wildman–Crippen LogP) is 2.34. The second-order valence-electron chi connectivity index (χ2n) is 4.74. The van der Waals surface area contributed by atoms with E-state index in [1.807, 2.05) is 11.6 Å². The van der Waals surface area contributed by atoms with Crippen molar-refractivity contribution in [2.75, 3.05) is 11.9 Å². The van der Waals surface area contributed by atoms with Crippen molar-refractivity contribution < 1.29 is 0 Å². The van der Waals surface area contributed by atoms with Gasteiger partial charge in [-0.3, -0.25) is 4.40 Å². The van der Waals surface area contributed by atoms with Crippen LogP contribution in [0.2, 0.25) is 0 Å². The molecular formula is C12H20N4S. The number of fused-ring (bicyclic) bond motifs is 1. The largest absolute Gasteiger partial charge is 0.355 e. The average molecular weight is 252 g/mol. The van der Waals surface area contributed by atoms with Gasteiger partial charge in [0.25, 0.3) is 0 Å². The highest BCUT2D eigenvalue weighted by Gasteiger charge is 2.20. The smallest absolute Gasteiger partial charge is 0.195 e. The van der Waals surface area contributed by atoms with Crippen LogP contribution in [0.25, 0.3) is 4.96 Å². The van der Waals surface area contributed by atoms with Crippen molar-refractivity contribution in [2.45, 2.75) is 33.4 Å². The lowest BCUT2D eigenvalue weighted by Gasteiger charge is -2.28. The first-order valence-electron chi connectivity index (χ1n) is 5.93. The van der Waals surface area contributed by atoms with Gasteiger partial charge >= 0.3 is 0 Å². The topological polar surface area (TPSA) is 46.6 Å². The van der Waals surface area contributed by atoms with E-state index < -0.39 is 0 Å². The summed E-state index contributed by atoms with van der Waals surface area (Å²) in [5.74, 6) is 1.60. The van der Waals surface area contributed by atoms with Gasteiger partial charge in [-0.25, -0.2) is 4.98 Å². The molecule has 1 unspecified atom stereocenters. The van der Waals surface area contributed by atoms with Gasteiger partial charge in [0.2, 0.25) is 0 Å². The zero-order valence-electron chi connectivity index (χ0n) is 10.8. The van der Waals surface area contributed by atoms with Crippen LogP contribution in [0.5, 0.6) is 0 Å². The highest BCUT2D eigenvalue weighted by molar-refractivity contribution is 7.15. The molecule has 4 nitrogen and oxygen atoms in total. The van der Waals surface area contributed by atoms with Crippen molar-refractivity contribution in [2.24, 2.45) is 11.7 Å². The molecule has 2 rings (SSSR count). The number of imidazole rings is 1. The van der Waals surface area contributed by atoms with Gasteiger partial charge < -0.3 is 10.6 Å². The maximum absolute atomic E-state index is 5.85. The summed E-state index contributed by atoms with van der Waals surface area (Å²) in [4.78, 5) is 7.92. The Hall–Kier alpha value is -1.07. The zero-order chi connectivity index (χ0) is 12.6. The van der Waals surface area contributed by atoms with E-state index in [1.54, 1.807) is 11.3 Å². The molecule has 17 heavy (non-hydrogen) atoms. The summed E-state index contributed by atoms with van der Waals surface area (Å²) in [5.41, 5.74) is 6.95. The van der Waals surface area contributed by atoms with Crippen molar-refractivity contribution in [1.82, 2.24) is 9.38 Å². The van der Waals surface area contributed by atoms with Crippen LogP contribution < -0.4 is 10.6 Å². The highest BCUT2D eigenvalue weighted by atomic mass is 32.1. The van der Waals surface area contributed by atoms with Crippen molar-refractivity contribution in [3.8, 4) is 0 Å². The van der Waals surface area contributed by atoms with Gasteiger partial charge in [0, 0.05) is 31.2 Å². The molecule has 2 heterocycles. The highest BCUT2D eigenvalue weighted by Crippen LogP contribution is 2.26. The van der Waals surface area contributed by atoms with E-state index in [0.29, 0.717) is 18.5 Å². The minimum absolute atomic E-state index is 0.449. The van der Waals surface area contributed by atoms with Gasteiger partial charge in [0.05, 0.1) is 5.69 Å². The summed E-state index contributed by atoms with van der Waals surface area (Å²) in [6.45, 7) is 7.18. The van der Waals surface area contributed by atoms with E-state index >= 15 is 0 Å². The Morgan fingerprint density at radius 2 is 2.18 bits per heavy atom. The number of thiazole rings is 1. The molecule has 2 N–H and O–H groups in total. The van der Waals surface area contributed by atoms with E-state index in [4.69, 9.17) is 5.73 Å². The number of hydrogen-bond donors (Lipinski definition) is 1. The van der Waals surface area contributed by atoms with Crippen molar-refractivity contribution in [1.29, 1.82) is 0 Å². The molecule has 0 bridgehead atoms. The molecule has 0 saturated carbocycles. The fraction of sp³-hybridized carbons (Fsp3) is 0.583. The third kappa shape index (κ3) is 2.05. The molecule has 2 aromatic heterocycles. The maximum Gasteiger partial charge on any atom is 0.195 e. The first-order chi connectivity index (χ1) is 8.06. The molecule has 2 aromatic rings. The second kappa shape index (κ2) is 4.66. The van der Waals surface area contributed by atoms with Crippen LogP contribution in [-0.4, -0.2) is 22.5 Å². The number of hydrogen-bond acceptors (Lipinski definition) is 4. The van der Waals surface area contributed by atoms with E-state index in [-0.39, 0.29) is 0 Å². The molecule has 0 saturated heterocycles. The number of rotatable bonds is 4. The van der Waals surface area contributed by atoms with E-state index in [2.05, 4.69) is 42.1 Å². The summed E-state index contributed by atoms with van der Waals surface area (Å²) in [6, 6.07) is 0.449. The number of aromatic nitrogens is 2. The van der Waals surface area contributed by atoms with Crippen LogP contribution >= 0.6 is 11.3 Å². The van der Waals surface area contributed by atoms with Crippen LogP contribution in [0.15, 0.2) is 11.6 Å². The Morgan fingerprint density at radius 1 is 1.47 bits per heavy atom. The second-order valence-corrected chi connectivity index (χ2v) is 5.61. The molecule has 0 fully saturated rings. The predicted molar refractivity (Wildman–Crippen MR) is 73.7 cm³/mol. The molecule has 0 amide bonds. The van der Waals surface area contributed by atoms with E-state index in [1.165, 1.54) is 0 Å². The zero-order valence-corrected chi connectivity index (χ0v) is 11.7. The normalized spacial score (nSPS) is 13.5. The lowest BCUT2D eigenvalue weighted by atomic mass is 10.1. The lowest BCUT2D eigenvalue weighted by molar-refractivity contribution is 0.502. The number of nitrogens with zero attached hydrogens (tertiary/aromatic N) is 3. The summed E-state index contributed by atoms with van der Waals surface area (Å²) >= 11 is 1.64. The summed E-state index contributed by atoms with van der Waals surface area (Å²) in [6.07, 6.45) is 2.03. The van der Waals surface area contributed by atoms with Gasteiger partial charge in [-0.15, -0.1) is 11.3 Å². The molecule has 0 aliphatic heterocycles. The molecule has 5 heteroatoms. The molecule has 0 aliphatic carbocycles. The minimum Gasteiger partial charge on any atom is -0.355 e. The van der Waals surface area contributed by atoms with Gasteiger partial charge in [0.1, 0.15) is 0 Å². The Morgan fingerprint density at radius 3 is 2.76 bits per heavy atom. The standard InChI is InChI=1S/C12H20N4S/c1-8(2)9(3)15(4)11-10(7-13)16-5-6-17-12(16)14-11/h5-6,8-9H,7,13H2,1-4H3. The van der Waals surface area contributed by atoms with Gasteiger partial charge in [-0.1, -0.05) is 13.8 Å². The first kappa shape index (κ1) is 12.4. The van der Waals surface area contributed by atoms with Crippen LogP contribution in [0.4, 0.5) is 5.82 Å². The fourth-order valence-electron chi connectivity index (χ4n) is 1.93. The van der Waals surface area contributed by atoms with Gasteiger partial charge in [-0.2, -0.15) is 0 Å². The van der Waals surface area contributed by atoms with Crippen LogP contribution in [0.1, 0.15) is 26.5 Å². The van der Waals surface area contributed by atoms with Crippen molar-refractivity contribution in [3.05, 3.63) is 17.3 Å². The lowest BCUT2D eigenvalue weighted by Crippen LogP contribution is -2.34. The molecule has 0 radical (unpaired) electrons. The Bertz CT molecular complexity index is 500. The SMILES string of the molecule is CC(C)C(C)N(C)c1nc2sccn2c1CN. The molecule has 94 valence electrons. The van der Waals surface area contributed by atoms with Gasteiger partial charge in [-0.05, 0) is 12.8 Å². The van der Waals surface area contributed by atoms with Crippen LogP contribution in [0.3, 0.4) is 0 Å². The molecule has 0 aromatic carbocycles. The third-order valence-electron chi connectivity index (χ3n) is 3.44. The Balaban J connectivity index is 2.43. The minimum atomic E-state index is 0.449. The van der Waals surface area contributed by atoms with Crippen molar-refractivity contribution in [3.63, 3.8) is 0 Å². The van der Waals surface area contributed by atoms with E-state index in [0.717, 1.165) is 16.5 Å². The Labute approximate surface area is 106 Å². The molecule has 1 atom stereocenters. The Kier molecular flexibility index (Phi) is 3.40. The van der Waals surface area contributed by atoms with Crippen LogP contribution in [0, 0.1) is 5.92 Å². The molecule has 0 aliphatic rings.